The molecular weight excluding hydrogens is 291 g/mol. The van der Waals surface area contributed by atoms with Crippen LogP contribution in [0.3, 0.4) is 0 Å². The number of anilines is 1. The van der Waals surface area contributed by atoms with Crippen LogP contribution in [0.15, 0.2) is 41.0 Å². The molecule has 0 radical (unpaired) electrons. The quantitative estimate of drug-likeness (QED) is 0.911. The molecule has 1 heterocycles. The standard InChI is InChI=1S/C13H8F3NO4/c14-13(15,16)7-3-4-8(12(19)20)9(6-7)17-11(18)10-2-1-5-21-10/h1-6H,(H,17,18)(H,19,20). The Morgan fingerprint density at radius 1 is 1.19 bits per heavy atom. The number of hydrogen-bond donors (Lipinski definition) is 2. The number of aromatic carboxylic acids is 1. The van der Waals surface area contributed by atoms with Crippen LogP contribution in [0.2, 0.25) is 0 Å². The van der Waals surface area contributed by atoms with E-state index in [0.717, 1.165) is 6.07 Å². The van der Waals surface area contributed by atoms with Crippen molar-refractivity contribution in [3.63, 3.8) is 0 Å². The highest BCUT2D eigenvalue weighted by Gasteiger charge is 2.32. The molecule has 1 aromatic carbocycles. The van der Waals surface area contributed by atoms with Crippen LogP contribution in [0.4, 0.5) is 18.9 Å². The molecule has 0 fully saturated rings. The molecule has 2 N–H and O–H groups in total. The lowest BCUT2D eigenvalue weighted by Crippen LogP contribution is -2.16. The molecule has 110 valence electrons. The van der Waals surface area contributed by atoms with Gasteiger partial charge in [-0.2, -0.15) is 13.2 Å². The third-order valence-corrected chi connectivity index (χ3v) is 2.57. The molecule has 0 unspecified atom stereocenters. The van der Waals surface area contributed by atoms with Gasteiger partial charge in [-0.3, -0.25) is 4.79 Å². The maximum Gasteiger partial charge on any atom is 0.416 e. The van der Waals surface area contributed by atoms with Gasteiger partial charge in [0.1, 0.15) is 0 Å². The number of amides is 1. The van der Waals surface area contributed by atoms with Crippen molar-refractivity contribution in [2.75, 3.05) is 5.32 Å². The first-order valence-electron chi connectivity index (χ1n) is 5.58. The molecule has 0 aliphatic rings. The fraction of sp³-hybridized carbons (Fsp3) is 0.0769. The Morgan fingerprint density at radius 2 is 1.90 bits per heavy atom. The largest absolute Gasteiger partial charge is 0.478 e. The van der Waals surface area contributed by atoms with Crippen molar-refractivity contribution in [1.29, 1.82) is 0 Å². The predicted molar refractivity (Wildman–Crippen MR) is 65.1 cm³/mol. The fourth-order valence-electron chi connectivity index (χ4n) is 1.60. The topological polar surface area (TPSA) is 79.5 Å². The molecule has 8 heteroatoms. The molecule has 0 bridgehead atoms. The van der Waals surface area contributed by atoms with Crippen molar-refractivity contribution in [2.45, 2.75) is 6.18 Å². The van der Waals surface area contributed by atoms with Crippen molar-refractivity contribution in [2.24, 2.45) is 0 Å². The van der Waals surface area contributed by atoms with Crippen molar-refractivity contribution in [3.05, 3.63) is 53.5 Å². The highest BCUT2D eigenvalue weighted by Crippen LogP contribution is 2.32. The van der Waals surface area contributed by atoms with Crippen LogP contribution in [0.1, 0.15) is 26.5 Å². The predicted octanol–water partition coefficient (Wildman–Crippen LogP) is 3.25. The molecule has 1 aromatic heterocycles. The number of carboxylic acids is 1. The zero-order valence-electron chi connectivity index (χ0n) is 10.3. The number of carbonyl (C=O) groups is 2. The summed E-state index contributed by atoms with van der Waals surface area (Å²) in [5.74, 6) is -2.45. The maximum absolute atomic E-state index is 12.6. The minimum atomic E-state index is -4.65. The molecule has 2 aromatic rings. The monoisotopic (exact) mass is 299 g/mol. The van der Waals surface area contributed by atoms with Crippen molar-refractivity contribution < 1.29 is 32.3 Å². The third kappa shape index (κ3) is 3.22. The fourth-order valence-corrected chi connectivity index (χ4v) is 1.60. The first-order valence-corrected chi connectivity index (χ1v) is 5.58. The van der Waals surface area contributed by atoms with Crippen LogP contribution in [0, 0.1) is 0 Å². The van der Waals surface area contributed by atoms with E-state index >= 15 is 0 Å². The summed E-state index contributed by atoms with van der Waals surface area (Å²) in [5, 5.41) is 11.0. The van der Waals surface area contributed by atoms with E-state index in [0.29, 0.717) is 12.1 Å². The lowest BCUT2D eigenvalue weighted by molar-refractivity contribution is -0.137. The minimum absolute atomic E-state index is 0.149. The summed E-state index contributed by atoms with van der Waals surface area (Å²) < 4.78 is 42.7. The molecule has 0 atom stereocenters. The van der Waals surface area contributed by atoms with Gasteiger partial charge in [0.05, 0.1) is 23.1 Å². The lowest BCUT2D eigenvalue weighted by Gasteiger charge is -2.12. The molecule has 0 saturated heterocycles. The molecule has 0 aliphatic heterocycles. The van der Waals surface area contributed by atoms with Crippen LogP contribution < -0.4 is 5.32 Å². The Morgan fingerprint density at radius 3 is 2.43 bits per heavy atom. The van der Waals surface area contributed by atoms with Crippen LogP contribution in [0.5, 0.6) is 0 Å². The third-order valence-electron chi connectivity index (χ3n) is 2.57. The number of furan rings is 1. The average Bonchev–Trinajstić information content (AvgIpc) is 2.91. The first kappa shape index (κ1) is 14.6. The van der Waals surface area contributed by atoms with E-state index < -0.39 is 34.9 Å². The summed E-state index contributed by atoms with van der Waals surface area (Å²) in [6.45, 7) is 0. The van der Waals surface area contributed by atoms with Gasteiger partial charge in [0.25, 0.3) is 5.91 Å². The molecule has 21 heavy (non-hydrogen) atoms. The summed E-state index contributed by atoms with van der Waals surface area (Å²) >= 11 is 0. The van der Waals surface area contributed by atoms with Gasteiger partial charge in [-0.05, 0) is 30.3 Å². The summed E-state index contributed by atoms with van der Waals surface area (Å²) in [7, 11) is 0. The van der Waals surface area contributed by atoms with Crippen LogP contribution in [-0.4, -0.2) is 17.0 Å². The zero-order chi connectivity index (χ0) is 15.6. The second-order valence-electron chi connectivity index (χ2n) is 3.99. The van der Waals surface area contributed by atoms with Crippen LogP contribution in [-0.2, 0) is 6.18 Å². The van der Waals surface area contributed by atoms with E-state index in [1.807, 2.05) is 0 Å². The highest BCUT2D eigenvalue weighted by atomic mass is 19.4. The second-order valence-corrected chi connectivity index (χ2v) is 3.99. The zero-order valence-corrected chi connectivity index (χ0v) is 10.3. The number of carboxylic acid groups (broad SMARTS) is 1. The number of rotatable bonds is 3. The van der Waals surface area contributed by atoms with Gasteiger partial charge >= 0.3 is 12.1 Å². The molecule has 1 amide bonds. The molecule has 0 spiro atoms. The second kappa shape index (κ2) is 5.31. The number of alkyl halides is 3. The molecule has 0 aliphatic carbocycles. The van der Waals surface area contributed by atoms with E-state index in [1.54, 1.807) is 0 Å². The lowest BCUT2D eigenvalue weighted by atomic mass is 10.1. The van der Waals surface area contributed by atoms with Gasteiger partial charge in [-0.1, -0.05) is 0 Å². The Balaban J connectivity index is 2.39. The highest BCUT2D eigenvalue weighted by molar-refractivity contribution is 6.06. The minimum Gasteiger partial charge on any atom is -0.478 e. The van der Waals surface area contributed by atoms with Crippen LogP contribution >= 0.6 is 0 Å². The number of benzene rings is 1. The number of nitrogens with one attached hydrogen (secondary N) is 1. The van der Waals surface area contributed by atoms with Gasteiger partial charge in [-0.15, -0.1) is 0 Å². The average molecular weight is 299 g/mol. The van der Waals surface area contributed by atoms with Gasteiger partial charge in [-0.25, -0.2) is 4.79 Å². The van der Waals surface area contributed by atoms with E-state index in [-0.39, 0.29) is 5.76 Å². The summed E-state index contributed by atoms with van der Waals surface area (Å²) in [4.78, 5) is 22.7. The Hall–Kier alpha value is -2.77. The number of hydrogen-bond acceptors (Lipinski definition) is 3. The molecular formula is C13H8F3NO4. The maximum atomic E-state index is 12.6. The molecule has 5 nitrogen and oxygen atoms in total. The van der Waals surface area contributed by atoms with Crippen molar-refractivity contribution in [1.82, 2.24) is 0 Å². The van der Waals surface area contributed by atoms with Crippen molar-refractivity contribution in [3.8, 4) is 0 Å². The van der Waals surface area contributed by atoms with Crippen LogP contribution in [0.25, 0.3) is 0 Å². The van der Waals surface area contributed by atoms with Gasteiger partial charge in [0, 0.05) is 0 Å². The first-order chi connectivity index (χ1) is 9.79. The van der Waals surface area contributed by atoms with E-state index in [9.17, 15) is 22.8 Å². The molecule has 2 rings (SSSR count). The van der Waals surface area contributed by atoms with E-state index in [1.165, 1.54) is 18.4 Å². The summed E-state index contributed by atoms with van der Waals surface area (Å²) in [6.07, 6.45) is -3.44. The Kier molecular flexibility index (Phi) is 3.70. The Labute approximate surface area is 116 Å². The van der Waals surface area contributed by atoms with Gasteiger partial charge < -0.3 is 14.8 Å². The normalized spacial score (nSPS) is 11.2. The summed E-state index contributed by atoms with van der Waals surface area (Å²) in [6, 6.07) is 4.68. The van der Waals surface area contributed by atoms with Gasteiger partial charge in [0.15, 0.2) is 5.76 Å². The molecule has 0 saturated carbocycles. The number of halogens is 3. The SMILES string of the molecule is O=C(Nc1cc(C(F)(F)F)ccc1C(=O)O)c1ccco1. The summed E-state index contributed by atoms with van der Waals surface area (Å²) in [5.41, 5.74) is -1.98. The Bertz CT molecular complexity index is 677. The number of carbonyl (C=O) groups excluding carboxylic acids is 1. The van der Waals surface area contributed by atoms with Gasteiger partial charge in [0.2, 0.25) is 0 Å². The van der Waals surface area contributed by atoms with Crippen molar-refractivity contribution >= 4 is 17.6 Å². The van der Waals surface area contributed by atoms with E-state index in [2.05, 4.69) is 5.32 Å². The smallest absolute Gasteiger partial charge is 0.416 e. The van der Waals surface area contributed by atoms with E-state index in [4.69, 9.17) is 9.52 Å².